The Morgan fingerprint density at radius 3 is 2.77 bits per heavy atom. The van der Waals surface area contributed by atoms with Crippen LogP contribution in [0.1, 0.15) is 20.8 Å². The first-order valence-electron chi connectivity index (χ1n) is 9.38. The van der Waals surface area contributed by atoms with Gasteiger partial charge in [0.1, 0.15) is 5.56 Å². The lowest BCUT2D eigenvalue weighted by Crippen LogP contribution is -2.25. The van der Waals surface area contributed by atoms with Gasteiger partial charge in [-0.05, 0) is 17.7 Å². The van der Waals surface area contributed by atoms with Gasteiger partial charge in [0.25, 0.3) is 11.5 Å². The maximum atomic E-state index is 12.9. The molecule has 1 N–H and O–H groups in total. The number of rotatable bonds is 5. The Labute approximate surface area is 184 Å². The highest BCUT2D eigenvalue weighted by Crippen LogP contribution is 2.24. The van der Waals surface area contributed by atoms with Crippen LogP contribution in [0.2, 0.25) is 0 Å². The highest BCUT2D eigenvalue weighted by atomic mass is 32.1. The minimum absolute atomic E-state index is 0.0281. The Morgan fingerprint density at radius 2 is 1.97 bits per heavy atom. The molecule has 0 aliphatic heterocycles. The van der Waals surface area contributed by atoms with Gasteiger partial charge in [0, 0.05) is 47.0 Å². The van der Waals surface area contributed by atoms with E-state index in [1.807, 2.05) is 47.8 Å². The molecule has 0 radical (unpaired) electrons. The van der Waals surface area contributed by atoms with E-state index in [0.29, 0.717) is 22.2 Å². The number of benzene rings is 1. The van der Waals surface area contributed by atoms with Crippen molar-refractivity contribution >= 4 is 38.7 Å². The number of aromatic nitrogens is 4. The van der Waals surface area contributed by atoms with Crippen LogP contribution < -0.4 is 10.9 Å². The molecule has 5 rings (SSSR count). The molecule has 0 saturated heterocycles. The summed E-state index contributed by atoms with van der Waals surface area (Å²) in [6.45, 7) is 0. The molecule has 5 aromatic rings. The van der Waals surface area contributed by atoms with E-state index < -0.39 is 11.5 Å². The summed E-state index contributed by atoms with van der Waals surface area (Å²) in [5.74, 6) is -0.533. The van der Waals surface area contributed by atoms with Crippen LogP contribution in [0.15, 0.2) is 77.4 Å². The van der Waals surface area contributed by atoms with Crippen LogP contribution in [0.3, 0.4) is 0 Å². The van der Waals surface area contributed by atoms with Crippen molar-refractivity contribution in [3.05, 3.63) is 99.0 Å². The van der Waals surface area contributed by atoms with Gasteiger partial charge in [-0.1, -0.05) is 30.3 Å². The number of anilines is 1. The molecular weight excluding hydrogens is 430 g/mol. The zero-order chi connectivity index (χ0) is 21.2. The van der Waals surface area contributed by atoms with Crippen LogP contribution in [-0.4, -0.2) is 25.3 Å². The number of hydrogen-bond donors (Lipinski definition) is 1. The summed E-state index contributed by atoms with van der Waals surface area (Å²) < 4.78 is 1.43. The molecule has 0 unspecified atom stereocenters. The number of fused-ring (bicyclic) bond motifs is 1. The standard InChI is InChI=1S/C22H15N5O2S2/c28-19(26-21-25-18(13-30-21)15-7-4-8-23-10-15)17-11-24-22-27(20(17)29)12-16(31-22)9-14-5-2-1-3-6-14/h1-8,10-13H,9H2,(H,25,26,28). The van der Waals surface area contributed by atoms with Crippen molar-refractivity contribution in [1.82, 2.24) is 19.4 Å². The summed E-state index contributed by atoms with van der Waals surface area (Å²) in [7, 11) is 0. The van der Waals surface area contributed by atoms with Crippen LogP contribution in [0, 0.1) is 0 Å². The van der Waals surface area contributed by atoms with Gasteiger partial charge in [-0.2, -0.15) is 0 Å². The summed E-state index contributed by atoms with van der Waals surface area (Å²) in [5.41, 5.74) is 2.28. The minimum Gasteiger partial charge on any atom is -0.298 e. The molecule has 4 heterocycles. The van der Waals surface area contributed by atoms with Gasteiger partial charge in [0.05, 0.1) is 5.69 Å². The summed E-state index contributed by atoms with van der Waals surface area (Å²) in [6.07, 6.45) is 7.17. The van der Waals surface area contributed by atoms with E-state index in [-0.39, 0.29) is 5.56 Å². The van der Waals surface area contributed by atoms with E-state index in [2.05, 4.69) is 20.3 Å². The SMILES string of the molecule is O=C(Nc1nc(-c2cccnc2)cs1)c1cnc2sc(Cc3ccccc3)cn2c1=O. The molecule has 0 saturated carbocycles. The molecule has 1 aromatic carbocycles. The molecule has 0 fully saturated rings. The normalized spacial score (nSPS) is 11.0. The minimum atomic E-state index is -0.533. The van der Waals surface area contributed by atoms with Gasteiger partial charge < -0.3 is 0 Å². The quantitative estimate of drug-likeness (QED) is 0.440. The van der Waals surface area contributed by atoms with E-state index in [1.165, 1.54) is 33.3 Å². The van der Waals surface area contributed by atoms with Crippen LogP contribution in [0.5, 0.6) is 0 Å². The Morgan fingerprint density at radius 1 is 1.10 bits per heavy atom. The Hall–Kier alpha value is -3.69. The Bertz CT molecular complexity index is 1420. The van der Waals surface area contributed by atoms with Crippen molar-refractivity contribution < 1.29 is 4.79 Å². The predicted octanol–water partition coefficient (Wildman–Crippen LogP) is 4.12. The van der Waals surface area contributed by atoms with Gasteiger partial charge in [0.15, 0.2) is 10.1 Å². The fourth-order valence-corrected chi connectivity index (χ4v) is 4.79. The van der Waals surface area contributed by atoms with Crippen LogP contribution in [0.25, 0.3) is 16.2 Å². The third kappa shape index (κ3) is 4.00. The monoisotopic (exact) mass is 445 g/mol. The third-order valence-electron chi connectivity index (χ3n) is 4.60. The van der Waals surface area contributed by atoms with Gasteiger partial charge >= 0.3 is 0 Å². The maximum absolute atomic E-state index is 12.9. The number of nitrogens with zero attached hydrogens (tertiary/aromatic N) is 4. The van der Waals surface area contributed by atoms with Crippen molar-refractivity contribution in [2.75, 3.05) is 5.32 Å². The van der Waals surface area contributed by atoms with Crippen LogP contribution >= 0.6 is 22.7 Å². The summed E-state index contributed by atoms with van der Waals surface area (Å²) in [5, 5.41) is 4.93. The van der Waals surface area contributed by atoms with E-state index in [1.54, 1.807) is 18.6 Å². The number of nitrogens with one attached hydrogen (secondary N) is 1. The highest BCUT2D eigenvalue weighted by molar-refractivity contribution is 7.17. The number of pyridine rings is 1. The molecule has 7 nitrogen and oxygen atoms in total. The largest absolute Gasteiger partial charge is 0.298 e. The van der Waals surface area contributed by atoms with E-state index in [9.17, 15) is 9.59 Å². The second-order valence-electron chi connectivity index (χ2n) is 6.72. The van der Waals surface area contributed by atoms with Crippen LogP contribution in [-0.2, 0) is 6.42 Å². The predicted molar refractivity (Wildman–Crippen MR) is 122 cm³/mol. The molecule has 152 valence electrons. The van der Waals surface area contributed by atoms with Gasteiger partial charge in [-0.3, -0.25) is 24.3 Å². The van der Waals surface area contributed by atoms with Gasteiger partial charge in [0.2, 0.25) is 0 Å². The second kappa shape index (κ2) is 8.21. The first-order valence-corrected chi connectivity index (χ1v) is 11.1. The molecular formula is C22H15N5O2S2. The number of amides is 1. The van der Waals surface area contributed by atoms with Crippen molar-refractivity contribution in [3.63, 3.8) is 0 Å². The number of carbonyl (C=O) groups excluding carboxylic acids is 1. The lowest BCUT2D eigenvalue weighted by atomic mass is 10.1. The molecule has 0 bridgehead atoms. The average Bonchev–Trinajstić information content (AvgIpc) is 3.42. The molecule has 1 amide bonds. The fraction of sp³-hybridized carbons (Fsp3) is 0.0455. The number of carbonyl (C=O) groups is 1. The molecule has 31 heavy (non-hydrogen) atoms. The molecule has 0 spiro atoms. The average molecular weight is 446 g/mol. The lowest BCUT2D eigenvalue weighted by molar-refractivity contribution is 0.102. The zero-order valence-electron chi connectivity index (χ0n) is 16.1. The first-order chi connectivity index (χ1) is 15.2. The summed E-state index contributed by atoms with van der Waals surface area (Å²) in [6, 6.07) is 13.7. The smallest absolute Gasteiger partial charge is 0.271 e. The first kappa shape index (κ1) is 19.3. The molecule has 9 heteroatoms. The summed E-state index contributed by atoms with van der Waals surface area (Å²) >= 11 is 2.72. The fourth-order valence-electron chi connectivity index (χ4n) is 3.11. The van der Waals surface area contributed by atoms with Crippen LogP contribution in [0.4, 0.5) is 5.13 Å². The topological polar surface area (TPSA) is 89.2 Å². The van der Waals surface area contributed by atoms with Crippen molar-refractivity contribution in [1.29, 1.82) is 0 Å². The molecule has 4 aromatic heterocycles. The Balaban J connectivity index is 1.38. The maximum Gasteiger partial charge on any atom is 0.271 e. The molecule has 0 atom stereocenters. The zero-order valence-corrected chi connectivity index (χ0v) is 17.7. The van der Waals surface area contributed by atoms with Crippen molar-refractivity contribution in [2.24, 2.45) is 0 Å². The van der Waals surface area contributed by atoms with Crippen molar-refractivity contribution in [2.45, 2.75) is 6.42 Å². The highest BCUT2D eigenvalue weighted by Gasteiger charge is 2.17. The summed E-state index contributed by atoms with van der Waals surface area (Å²) in [4.78, 5) is 40.0. The van der Waals surface area contributed by atoms with E-state index in [0.717, 1.165) is 16.0 Å². The molecule has 0 aliphatic carbocycles. The Kier molecular flexibility index (Phi) is 5.11. The van der Waals surface area contributed by atoms with E-state index in [4.69, 9.17) is 0 Å². The molecule has 0 aliphatic rings. The number of hydrogen-bond acceptors (Lipinski definition) is 7. The number of thiazole rings is 2. The third-order valence-corrected chi connectivity index (χ3v) is 6.36. The van der Waals surface area contributed by atoms with Crippen molar-refractivity contribution in [3.8, 4) is 11.3 Å². The second-order valence-corrected chi connectivity index (χ2v) is 8.67. The van der Waals surface area contributed by atoms with Gasteiger partial charge in [-0.15, -0.1) is 22.7 Å². The van der Waals surface area contributed by atoms with E-state index >= 15 is 0 Å². The van der Waals surface area contributed by atoms with Gasteiger partial charge in [-0.25, -0.2) is 9.97 Å². The lowest BCUT2D eigenvalue weighted by Gasteiger charge is -2.01.